The lowest BCUT2D eigenvalue weighted by atomic mass is 9.94. The highest BCUT2D eigenvalue weighted by Crippen LogP contribution is 2.48. The summed E-state index contributed by atoms with van der Waals surface area (Å²) in [6.07, 6.45) is 7.32. The zero-order valence-corrected chi connectivity index (χ0v) is 21.8. The molecule has 8 heteroatoms. The summed E-state index contributed by atoms with van der Waals surface area (Å²) in [4.78, 5) is 25.9. The molecule has 2 bridgehead atoms. The quantitative estimate of drug-likeness (QED) is 0.302. The number of hydrogen-bond acceptors (Lipinski definition) is 6. The number of amides is 1. The Kier molecular flexibility index (Phi) is 8.75. The summed E-state index contributed by atoms with van der Waals surface area (Å²) in [6, 6.07) is 5.36. The number of carbonyl (C=O) groups is 2. The van der Waals surface area contributed by atoms with Crippen LogP contribution in [0, 0.1) is 11.8 Å². The molecular weight excluding hydrogens is 502 g/mol. The minimum atomic E-state index is -0.325. The van der Waals surface area contributed by atoms with E-state index in [1.807, 2.05) is 11.0 Å². The molecule has 7 nitrogen and oxygen atoms in total. The minimum Gasteiger partial charge on any atom is -0.489 e. The van der Waals surface area contributed by atoms with Crippen molar-refractivity contribution < 1.29 is 28.5 Å². The van der Waals surface area contributed by atoms with Crippen molar-refractivity contribution in [3.63, 3.8) is 0 Å². The molecule has 188 valence electrons. The average Bonchev–Trinajstić information content (AvgIpc) is 3.41. The number of likely N-dealkylation sites (tertiary alicyclic amines) is 1. The highest BCUT2D eigenvalue weighted by atomic mass is 79.9. The maximum atomic E-state index is 12.1. The van der Waals surface area contributed by atoms with Crippen molar-refractivity contribution in [2.45, 2.75) is 77.1 Å². The van der Waals surface area contributed by atoms with Crippen LogP contribution in [0.1, 0.15) is 69.2 Å². The molecule has 0 radical (unpaired) electrons. The molecule has 4 rings (SSSR count). The van der Waals surface area contributed by atoms with E-state index in [0.29, 0.717) is 43.7 Å². The maximum absolute atomic E-state index is 12.1. The predicted octanol–water partition coefficient (Wildman–Crippen LogP) is 5.59. The molecule has 2 saturated carbocycles. The van der Waals surface area contributed by atoms with Gasteiger partial charge in [0, 0.05) is 13.1 Å². The number of fused-ring (bicyclic) bond motifs is 2. The number of halogens is 1. The van der Waals surface area contributed by atoms with Gasteiger partial charge in [0.2, 0.25) is 0 Å². The second-order valence-corrected chi connectivity index (χ2v) is 10.4. The topological polar surface area (TPSA) is 74.3 Å². The van der Waals surface area contributed by atoms with E-state index < -0.39 is 0 Å². The van der Waals surface area contributed by atoms with Crippen LogP contribution in [-0.2, 0) is 14.2 Å². The van der Waals surface area contributed by atoms with Crippen LogP contribution in [0.2, 0.25) is 0 Å². The Bertz CT molecular complexity index is 856. The minimum absolute atomic E-state index is 0.175. The third-order valence-electron chi connectivity index (χ3n) is 7.24. The van der Waals surface area contributed by atoms with E-state index in [4.69, 9.17) is 18.9 Å². The Morgan fingerprint density at radius 1 is 1.03 bits per heavy atom. The Labute approximate surface area is 210 Å². The SMILES string of the molecule is CCCCOC(=O)N1CCC(OC2CC3CC2CC3Oc2ccc(C(=O)OCC)cc2Br)CC1. The third-order valence-corrected chi connectivity index (χ3v) is 7.86. The van der Waals surface area contributed by atoms with E-state index in [1.54, 1.807) is 19.1 Å². The number of rotatable bonds is 9. The van der Waals surface area contributed by atoms with E-state index in [0.717, 1.165) is 55.2 Å². The Hall–Kier alpha value is -1.80. The van der Waals surface area contributed by atoms with Gasteiger partial charge in [-0.1, -0.05) is 13.3 Å². The number of benzene rings is 1. The molecular formula is C26H36BrNO6. The van der Waals surface area contributed by atoms with Crippen molar-refractivity contribution in [1.29, 1.82) is 0 Å². The van der Waals surface area contributed by atoms with Gasteiger partial charge in [-0.3, -0.25) is 0 Å². The summed E-state index contributed by atoms with van der Waals surface area (Å²) in [5.74, 6) is 1.44. The van der Waals surface area contributed by atoms with Crippen molar-refractivity contribution in [2.24, 2.45) is 11.8 Å². The van der Waals surface area contributed by atoms with Gasteiger partial charge in [0.1, 0.15) is 11.9 Å². The molecule has 4 unspecified atom stereocenters. The van der Waals surface area contributed by atoms with Crippen molar-refractivity contribution in [2.75, 3.05) is 26.3 Å². The molecule has 1 amide bonds. The van der Waals surface area contributed by atoms with E-state index in [-0.39, 0.29) is 30.4 Å². The molecule has 3 aliphatic rings. The lowest BCUT2D eigenvalue weighted by molar-refractivity contribution is -0.0717. The first kappa shape index (κ1) is 25.3. The Balaban J connectivity index is 1.21. The zero-order chi connectivity index (χ0) is 24.1. The summed E-state index contributed by atoms with van der Waals surface area (Å²) in [7, 11) is 0. The highest BCUT2D eigenvalue weighted by Gasteiger charge is 2.48. The smallest absolute Gasteiger partial charge is 0.409 e. The molecule has 0 aromatic heterocycles. The lowest BCUT2D eigenvalue weighted by Crippen LogP contribution is -2.43. The van der Waals surface area contributed by atoms with Crippen molar-refractivity contribution >= 4 is 28.0 Å². The van der Waals surface area contributed by atoms with Gasteiger partial charge in [-0.2, -0.15) is 0 Å². The van der Waals surface area contributed by atoms with Gasteiger partial charge in [0.05, 0.1) is 35.5 Å². The van der Waals surface area contributed by atoms with Gasteiger partial charge in [0.25, 0.3) is 0 Å². The van der Waals surface area contributed by atoms with Crippen molar-refractivity contribution in [3.8, 4) is 5.75 Å². The molecule has 0 N–H and O–H groups in total. The number of unbranched alkanes of at least 4 members (excludes halogenated alkanes) is 1. The van der Waals surface area contributed by atoms with Crippen LogP contribution in [0.3, 0.4) is 0 Å². The normalized spacial score (nSPS) is 26.5. The number of piperidine rings is 1. The average molecular weight is 538 g/mol. The van der Waals surface area contributed by atoms with Gasteiger partial charge in [-0.25, -0.2) is 9.59 Å². The summed E-state index contributed by atoms with van der Waals surface area (Å²) in [6.45, 7) is 6.16. The second-order valence-electron chi connectivity index (χ2n) is 9.58. The molecule has 1 saturated heterocycles. The van der Waals surface area contributed by atoms with Crippen LogP contribution in [0.25, 0.3) is 0 Å². The van der Waals surface area contributed by atoms with E-state index in [2.05, 4.69) is 22.9 Å². The first-order valence-electron chi connectivity index (χ1n) is 12.7. The van der Waals surface area contributed by atoms with Crippen molar-refractivity contribution in [3.05, 3.63) is 28.2 Å². The van der Waals surface area contributed by atoms with E-state index >= 15 is 0 Å². The van der Waals surface area contributed by atoms with Crippen LogP contribution in [0.15, 0.2) is 22.7 Å². The fourth-order valence-corrected chi connectivity index (χ4v) is 5.87. The largest absolute Gasteiger partial charge is 0.489 e. The standard InChI is InChI=1S/C26H36BrNO6/c1-3-5-12-32-26(30)28-10-8-20(9-11-28)33-23-15-19-13-18(23)16-24(19)34-22-7-6-17(14-21(22)27)25(29)31-4-2/h6-7,14,18-20,23-24H,3-5,8-13,15-16H2,1-2H3. The fourth-order valence-electron chi connectivity index (χ4n) is 5.40. The zero-order valence-electron chi connectivity index (χ0n) is 20.2. The number of carbonyl (C=O) groups excluding carboxylic acids is 2. The van der Waals surface area contributed by atoms with Gasteiger partial charge >= 0.3 is 12.1 Å². The predicted molar refractivity (Wildman–Crippen MR) is 131 cm³/mol. The number of nitrogens with zero attached hydrogens (tertiary/aromatic N) is 1. The molecule has 1 aliphatic heterocycles. The van der Waals surface area contributed by atoms with Crippen LogP contribution in [0.4, 0.5) is 4.79 Å². The molecule has 2 aliphatic carbocycles. The Morgan fingerprint density at radius 3 is 2.41 bits per heavy atom. The van der Waals surface area contributed by atoms with Gasteiger partial charge in [0.15, 0.2) is 0 Å². The first-order valence-corrected chi connectivity index (χ1v) is 13.5. The molecule has 1 aromatic rings. The van der Waals surface area contributed by atoms with E-state index in [1.165, 1.54) is 0 Å². The number of ether oxygens (including phenoxy) is 4. The first-order chi connectivity index (χ1) is 16.5. The molecule has 1 aromatic carbocycles. The summed E-state index contributed by atoms with van der Waals surface area (Å²) in [5, 5.41) is 0. The van der Waals surface area contributed by atoms with Gasteiger partial charge in [-0.05, 0) is 91.4 Å². The van der Waals surface area contributed by atoms with Gasteiger partial charge in [-0.15, -0.1) is 0 Å². The third kappa shape index (κ3) is 6.06. The van der Waals surface area contributed by atoms with Crippen LogP contribution < -0.4 is 4.74 Å². The Morgan fingerprint density at radius 2 is 1.76 bits per heavy atom. The lowest BCUT2D eigenvalue weighted by Gasteiger charge is -2.35. The molecule has 4 atom stereocenters. The highest BCUT2D eigenvalue weighted by molar-refractivity contribution is 9.10. The fraction of sp³-hybridized carbons (Fsp3) is 0.692. The molecule has 34 heavy (non-hydrogen) atoms. The number of hydrogen-bond donors (Lipinski definition) is 0. The second kappa shape index (κ2) is 11.8. The maximum Gasteiger partial charge on any atom is 0.409 e. The summed E-state index contributed by atoms with van der Waals surface area (Å²) in [5.41, 5.74) is 0.516. The van der Waals surface area contributed by atoms with Gasteiger partial charge < -0.3 is 23.8 Å². The summed E-state index contributed by atoms with van der Waals surface area (Å²) >= 11 is 3.54. The van der Waals surface area contributed by atoms with Crippen LogP contribution >= 0.6 is 15.9 Å². The monoisotopic (exact) mass is 537 g/mol. The van der Waals surface area contributed by atoms with Crippen molar-refractivity contribution in [1.82, 2.24) is 4.90 Å². The summed E-state index contributed by atoms with van der Waals surface area (Å²) < 4.78 is 24.0. The van der Waals surface area contributed by atoms with E-state index in [9.17, 15) is 9.59 Å². The molecule has 3 fully saturated rings. The molecule has 1 heterocycles. The van der Waals surface area contributed by atoms with Crippen LogP contribution in [-0.4, -0.2) is 61.6 Å². The molecule has 0 spiro atoms. The van der Waals surface area contributed by atoms with Crippen LogP contribution in [0.5, 0.6) is 5.75 Å². The number of esters is 1.